The molecule has 0 atom stereocenters. The van der Waals surface area contributed by atoms with E-state index in [-0.39, 0.29) is 0 Å². The van der Waals surface area contributed by atoms with Gasteiger partial charge in [0.2, 0.25) is 0 Å². The molecule has 0 nitrogen and oxygen atoms in total. The summed E-state index contributed by atoms with van der Waals surface area (Å²) in [6, 6.07) is 0. The average molecular weight is 401 g/mol. The molecule has 0 radical (unpaired) electrons. The second-order valence-corrected chi connectivity index (χ2v) is 11.3. The summed E-state index contributed by atoms with van der Waals surface area (Å²) in [5.74, 6) is 6.11. The number of rotatable bonds is 10. The first-order valence-corrected chi connectivity index (χ1v) is 14.0. The molecule has 0 saturated heterocycles. The second-order valence-electron chi connectivity index (χ2n) is 11.3. The Morgan fingerprint density at radius 1 is 0.483 bits per heavy atom. The molecule has 3 fully saturated rings. The second kappa shape index (κ2) is 13.2. The van der Waals surface area contributed by atoms with E-state index in [1.165, 1.54) is 96.3 Å². The topological polar surface area (TPSA) is 0 Å². The van der Waals surface area contributed by atoms with Crippen LogP contribution in [0.5, 0.6) is 0 Å². The summed E-state index contributed by atoms with van der Waals surface area (Å²) in [4.78, 5) is 0. The van der Waals surface area contributed by atoms with E-state index in [4.69, 9.17) is 0 Å². The van der Waals surface area contributed by atoms with Crippen molar-refractivity contribution in [2.75, 3.05) is 0 Å². The molecule has 29 heavy (non-hydrogen) atoms. The van der Waals surface area contributed by atoms with Gasteiger partial charge in [-0.25, -0.2) is 0 Å². The highest BCUT2D eigenvalue weighted by Crippen LogP contribution is 2.43. The summed E-state index contributed by atoms with van der Waals surface area (Å²) >= 11 is 0. The molecule has 0 aromatic carbocycles. The molecule has 3 aliphatic carbocycles. The molecule has 0 heterocycles. The van der Waals surface area contributed by atoms with Gasteiger partial charge in [0.1, 0.15) is 0 Å². The minimum atomic E-state index is 0.911. The highest BCUT2D eigenvalue weighted by Gasteiger charge is 2.30. The molecule has 0 bridgehead atoms. The Morgan fingerprint density at radius 3 is 1.41 bits per heavy atom. The molecule has 3 saturated carbocycles. The van der Waals surface area contributed by atoms with E-state index in [0.717, 1.165) is 35.5 Å². The minimum Gasteiger partial charge on any atom is -0.0851 e. The van der Waals surface area contributed by atoms with Gasteiger partial charge in [-0.3, -0.25) is 0 Å². The maximum absolute atomic E-state index is 2.67. The van der Waals surface area contributed by atoms with E-state index in [0.29, 0.717) is 0 Å². The average Bonchev–Trinajstić information content (AvgIpc) is 2.78. The smallest absolute Gasteiger partial charge is 0.0233 e. The molecule has 0 spiro atoms. The molecule has 3 aliphatic rings. The monoisotopic (exact) mass is 400 g/mol. The number of hydrogen-bond acceptors (Lipinski definition) is 0. The van der Waals surface area contributed by atoms with Crippen molar-refractivity contribution in [2.45, 2.75) is 136 Å². The SMILES string of the molecule is CCCCCC1CCC(/C=C/C2CCC(C3CCC(CCCC)CC3)CC2)CC1. The molecular formula is C29H52. The summed E-state index contributed by atoms with van der Waals surface area (Å²) in [6.07, 6.45) is 33.7. The Kier molecular flexibility index (Phi) is 10.7. The molecular weight excluding hydrogens is 348 g/mol. The zero-order chi connectivity index (χ0) is 20.3. The molecule has 0 aliphatic heterocycles. The summed E-state index contributed by atoms with van der Waals surface area (Å²) in [5, 5.41) is 0. The van der Waals surface area contributed by atoms with Crippen LogP contribution >= 0.6 is 0 Å². The lowest BCUT2D eigenvalue weighted by Crippen LogP contribution is -2.25. The van der Waals surface area contributed by atoms with Crippen molar-refractivity contribution < 1.29 is 0 Å². The Morgan fingerprint density at radius 2 is 0.897 bits per heavy atom. The standard InChI is InChI=1S/C29H52/c1-3-5-7-9-25-10-12-26(13-11-25)14-15-27-18-22-29(23-19-27)28-20-16-24(17-21-28)8-6-4-2/h14-15,24-29H,3-13,16-23H2,1-2H3/b15-14+. The van der Waals surface area contributed by atoms with E-state index >= 15 is 0 Å². The number of unbranched alkanes of at least 4 members (excludes halogenated alkanes) is 3. The highest BCUT2D eigenvalue weighted by molar-refractivity contribution is 4.97. The summed E-state index contributed by atoms with van der Waals surface area (Å²) in [5.41, 5.74) is 0. The van der Waals surface area contributed by atoms with Gasteiger partial charge in [-0.15, -0.1) is 0 Å². The van der Waals surface area contributed by atoms with Crippen molar-refractivity contribution in [3.8, 4) is 0 Å². The van der Waals surface area contributed by atoms with Crippen LogP contribution < -0.4 is 0 Å². The van der Waals surface area contributed by atoms with Crippen LogP contribution in [0.2, 0.25) is 0 Å². The molecule has 0 unspecified atom stereocenters. The van der Waals surface area contributed by atoms with E-state index < -0.39 is 0 Å². The zero-order valence-electron chi connectivity index (χ0n) is 20.1. The van der Waals surface area contributed by atoms with Crippen LogP contribution in [-0.2, 0) is 0 Å². The molecule has 168 valence electrons. The van der Waals surface area contributed by atoms with Gasteiger partial charge in [0, 0.05) is 0 Å². The van der Waals surface area contributed by atoms with Gasteiger partial charge in [0.05, 0.1) is 0 Å². The first kappa shape index (κ1) is 23.4. The lowest BCUT2D eigenvalue weighted by atomic mass is 9.68. The quantitative estimate of drug-likeness (QED) is 0.253. The maximum atomic E-state index is 2.67. The van der Waals surface area contributed by atoms with Gasteiger partial charge in [-0.1, -0.05) is 83.8 Å². The Bertz CT molecular complexity index is 425. The third-order valence-corrected chi connectivity index (χ3v) is 9.10. The molecule has 0 amide bonds. The fourth-order valence-corrected chi connectivity index (χ4v) is 6.92. The van der Waals surface area contributed by atoms with Crippen molar-refractivity contribution in [1.82, 2.24) is 0 Å². The fraction of sp³-hybridized carbons (Fsp3) is 0.931. The molecule has 0 aromatic heterocycles. The van der Waals surface area contributed by atoms with Gasteiger partial charge in [-0.05, 0) is 99.7 Å². The maximum Gasteiger partial charge on any atom is -0.0233 e. The Balaban J connectivity index is 1.28. The number of allylic oxidation sites excluding steroid dienone is 2. The summed E-state index contributed by atoms with van der Waals surface area (Å²) < 4.78 is 0. The van der Waals surface area contributed by atoms with Crippen LogP contribution in [0.3, 0.4) is 0 Å². The normalized spacial score (nSPS) is 36.5. The van der Waals surface area contributed by atoms with Gasteiger partial charge in [-0.2, -0.15) is 0 Å². The van der Waals surface area contributed by atoms with Crippen LogP contribution in [0.1, 0.15) is 136 Å². The van der Waals surface area contributed by atoms with Crippen LogP contribution in [0.15, 0.2) is 12.2 Å². The fourth-order valence-electron chi connectivity index (χ4n) is 6.92. The predicted molar refractivity (Wildman–Crippen MR) is 129 cm³/mol. The summed E-state index contributed by atoms with van der Waals surface area (Å²) in [7, 11) is 0. The van der Waals surface area contributed by atoms with Crippen LogP contribution in [0.4, 0.5) is 0 Å². The minimum absolute atomic E-state index is 0.911. The van der Waals surface area contributed by atoms with E-state index in [1.54, 1.807) is 25.7 Å². The van der Waals surface area contributed by atoms with Crippen molar-refractivity contribution in [3.05, 3.63) is 12.2 Å². The third kappa shape index (κ3) is 8.06. The van der Waals surface area contributed by atoms with Gasteiger partial charge >= 0.3 is 0 Å². The number of hydrogen-bond donors (Lipinski definition) is 0. The van der Waals surface area contributed by atoms with E-state index in [9.17, 15) is 0 Å². The van der Waals surface area contributed by atoms with Crippen molar-refractivity contribution in [3.63, 3.8) is 0 Å². The van der Waals surface area contributed by atoms with E-state index in [2.05, 4.69) is 26.0 Å². The van der Waals surface area contributed by atoms with E-state index in [1.807, 2.05) is 0 Å². The first-order chi connectivity index (χ1) is 14.3. The van der Waals surface area contributed by atoms with Crippen molar-refractivity contribution in [2.24, 2.45) is 35.5 Å². The van der Waals surface area contributed by atoms with Crippen molar-refractivity contribution >= 4 is 0 Å². The summed E-state index contributed by atoms with van der Waals surface area (Å²) in [6.45, 7) is 4.67. The van der Waals surface area contributed by atoms with Crippen LogP contribution in [0.25, 0.3) is 0 Å². The molecule has 0 heteroatoms. The highest BCUT2D eigenvalue weighted by atomic mass is 14.4. The zero-order valence-corrected chi connectivity index (χ0v) is 20.1. The van der Waals surface area contributed by atoms with Gasteiger partial charge in [0.15, 0.2) is 0 Å². The van der Waals surface area contributed by atoms with Crippen molar-refractivity contribution in [1.29, 1.82) is 0 Å². The lowest BCUT2D eigenvalue weighted by molar-refractivity contribution is 0.151. The van der Waals surface area contributed by atoms with Gasteiger partial charge in [0.25, 0.3) is 0 Å². The Hall–Kier alpha value is -0.260. The Labute approximate surface area is 183 Å². The molecule has 0 N–H and O–H groups in total. The van der Waals surface area contributed by atoms with Crippen LogP contribution in [0, 0.1) is 35.5 Å². The van der Waals surface area contributed by atoms with Gasteiger partial charge < -0.3 is 0 Å². The molecule has 3 rings (SSSR count). The lowest BCUT2D eigenvalue weighted by Gasteiger charge is -2.37. The first-order valence-electron chi connectivity index (χ1n) is 14.0. The predicted octanol–water partition coefficient (Wildman–Crippen LogP) is 9.73. The molecule has 0 aromatic rings. The largest absolute Gasteiger partial charge is 0.0851 e. The van der Waals surface area contributed by atoms with Crippen LogP contribution in [-0.4, -0.2) is 0 Å². The third-order valence-electron chi connectivity index (χ3n) is 9.10.